The summed E-state index contributed by atoms with van der Waals surface area (Å²) in [5, 5.41) is 12.2. The van der Waals surface area contributed by atoms with Crippen LogP contribution in [0.2, 0.25) is 0 Å². The number of carbonyl (C=O) groups excluding carboxylic acids is 1. The highest BCUT2D eigenvalue weighted by atomic mass is 19.1. The number of carbonyl (C=O) groups is 1. The molecule has 0 aliphatic rings. The molecule has 1 rings (SSSR count). The molecule has 0 bridgehead atoms. The molecule has 0 heterocycles. The van der Waals surface area contributed by atoms with Gasteiger partial charge >= 0.3 is 0 Å². The molecule has 0 saturated carbocycles. The molecule has 0 aromatic heterocycles. The molecule has 1 aromatic carbocycles. The quantitative estimate of drug-likeness (QED) is 0.843. The zero-order chi connectivity index (χ0) is 13.7. The van der Waals surface area contributed by atoms with Crippen LogP contribution in [0.4, 0.5) is 4.39 Å². The Morgan fingerprint density at radius 2 is 2.17 bits per heavy atom. The van der Waals surface area contributed by atoms with Crippen molar-refractivity contribution < 1.29 is 19.0 Å². The average Bonchev–Trinajstić information content (AvgIpc) is 2.28. The Labute approximate surface area is 106 Å². The van der Waals surface area contributed by atoms with E-state index >= 15 is 0 Å². The second kappa shape index (κ2) is 6.35. The predicted octanol–water partition coefficient (Wildman–Crippen LogP) is 1.78. The average molecular weight is 255 g/mol. The van der Waals surface area contributed by atoms with E-state index in [1.165, 1.54) is 12.1 Å². The summed E-state index contributed by atoms with van der Waals surface area (Å²) in [7, 11) is 0. The molecule has 0 saturated heterocycles. The molecule has 18 heavy (non-hydrogen) atoms. The van der Waals surface area contributed by atoms with Crippen molar-refractivity contribution in [1.82, 2.24) is 5.32 Å². The molecule has 0 aliphatic carbocycles. The lowest BCUT2D eigenvalue weighted by atomic mass is 10.1. The minimum Gasteiger partial charge on any atom is -0.480 e. The molecular formula is C13H18FNO3. The molecule has 0 spiro atoms. The molecule has 2 N–H and O–H groups in total. The minimum absolute atomic E-state index is 0.184. The molecule has 1 amide bonds. The van der Waals surface area contributed by atoms with Crippen molar-refractivity contribution in [2.45, 2.75) is 33.0 Å². The highest BCUT2D eigenvalue weighted by Gasteiger charge is 2.17. The first-order valence-electron chi connectivity index (χ1n) is 5.87. The molecule has 0 aliphatic heterocycles. The van der Waals surface area contributed by atoms with Crippen molar-refractivity contribution in [1.29, 1.82) is 0 Å². The first-order valence-corrected chi connectivity index (χ1v) is 5.87. The zero-order valence-electron chi connectivity index (χ0n) is 10.7. The number of aliphatic hydroxyl groups excluding tert-OH is 1. The molecule has 100 valence electrons. The summed E-state index contributed by atoms with van der Waals surface area (Å²) in [6.07, 6.45) is -1.54. The molecule has 5 heteroatoms. The van der Waals surface area contributed by atoms with Crippen LogP contribution >= 0.6 is 0 Å². The van der Waals surface area contributed by atoms with Crippen LogP contribution in [-0.4, -0.2) is 23.7 Å². The van der Waals surface area contributed by atoms with Crippen LogP contribution < -0.4 is 10.1 Å². The largest absolute Gasteiger partial charge is 0.480 e. The van der Waals surface area contributed by atoms with Gasteiger partial charge in [0.05, 0.1) is 6.10 Å². The van der Waals surface area contributed by atoms with E-state index in [0.29, 0.717) is 12.1 Å². The van der Waals surface area contributed by atoms with Crippen LogP contribution in [0.15, 0.2) is 18.2 Å². The van der Waals surface area contributed by atoms with Crippen LogP contribution in [0.5, 0.6) is 5.75 Å². The Bertz CT molecular complexity index is 421. The number of rotatable bonds is 5. The van der Waals surface area contributed by atoms with Gasteiger partial charge in [0.25, 0.3) is 5.91 Å². The Morgan fingerprint density at radius 3 is 2.72 bits per heavy atom. The van der Waals surface area contributed by atoms with Gasteiger partial charge in [0.1, 0.15) is 11.6 Å². The highest BCUT2D eigenvalue weighted by molar-refractivity contribution is 5.80. The van der Waals surface area contributed by atoms with E-state index in [-0.39, 0.29) is 11.7 Å². The van der Waals surface area contributed by atoms with Gasteiger partial charge in [-0.1, -0.05) is 0 Å². The van der Waals surface area contributed by atoms with Gasteiger partial charge in [-0.15, -0.1) is 0 Å². The topological polar surface area (TPSA) is 58.6 Å². The van der Waals surface area contributed by atoms with Crippen molar-refractivity contribution in [3.63, 3.8) is 0 Å². The fourth-order valence-corrected chi connectivity index (χ4v) is 1.52. The summed E-state index contributed by atoms with van der Waals surface area (Å²) in [4.78, 5) is 11.5. The number of likely N-dealkylation sites (N-methyl/N-ethyl adjacent to an activating group) is 1. The lowest BCUT2D eigenvalue weighted by molar-refractivity contribution is -0.127. The molecular weight excluding hydrogens is 237 g/mol. The molecule has 1 aromatic rings. The molecule has 0 fully saturated rings. The van der Waals surface area contributed by atoms with Crippen molar-refractivity contribution in [3.05, 3.63) is 29.6 Å². The van der Waals surface area contributed by atoms with Gasteiger partial charge in [-0.2, -0.15) is 0 Å². The molecule has 1 unspecified atom stereocenters. The number of halogens is 1. The van der Waals surface area contributed by atoms with Crippen LogP contribution in [0.1, 0.15) is 32.4 Å². The van der Waals surface area contributed by atoms with Crippen molar-refractivity contribution in [2.24, 2.45) is 0 Å². The summed E-state index contributed by atoms with van der Waals surface area (Å²) >= 11 is 0. The van der Waals surface area contributed by atoms with E-state index < -0.39 is 18.0 Å². The lowest BCUT2D eigenvalue weighted by Gasteiger charge is -2.18. The van der Waals surface area contributed by atoms with Crippen LogP contribution in [0, 0.1) is 5.82 Å². The highest BCUT2D eigenvalue weighted by Crippen LogP contribution is 2.26. The van der Waals surface area contributed by atoms with Gasteiger partial charge in [0.2, 0.25) is 0 Å². The number of hydrogen-bond donors (Lipinski definition) is 2. The van der Waals surface area contributed by atoms with Crippen molar-refractivity contribution in [3.8, 4) is 5.75 Å². The second-order valence-corrected chi connectivity index (χ2v) is 4.01. The Balaban J connectivity index is 2.88. The van der Waals surface area contributed by atoms with Crippen LogP contribution in [0.25, 0.3) is 0 Å². The summed E-state index contributed by atoms with van der Waals surface area (Å²) in [6.45, 7) is 5.42. The lowest BCUT2D eigenvalue weighted by Crippen LogP contribution is -2.36. The maximum atomic E-state index is 13.1. The van der Waals surface area contributed by atoms with Crippen LogP contribution in [-0.2, 0) is 4.79 Å². The van der Waals surface area contributed by atoms with Gasteiger partial charge in [-0.25, -0.2) is 4.39 Å². The van der Waals surface area contributed by atoms with E-state index in [4.69, 9.17) is 4.74 Å². The zero-order valence-corrected chi connectivity index (χ0v) is 10.7. The smallest absolute Gasteiger partial charge is 0.260 e. The molecule has 4 nitrogen and oxygen atoms in total. The first kappa shape index (κ1) is 14.4. The number of benzene rings is 1. The number of nitrogens with one attached hydrogen (secondary N) is 1. The monoisotopic (exact) mass is 255 g/mol. The van der Waals surface area contributed by atoms with Crippen LogP contribution in [0.3, 0.4) is 0 Å². The third-order valence-electron chi connectivity index (χ3n) is 2.45. The third-order valence-corrected chi connectivity index (χ3v) is 2.45. The number of ether oxygens (including phenoxy) is 1. The fourth-order valence-electron chi connectivity index (χ4n) is 1.52. The van der Waals surface area contributed by atoms with E-state index in [1.807, 2.05) is 0 Å². The minimum atomic E-state index is -0.790. The maximum Gasteiger partial charge on any atom is 0.260 e. The fraction of sp³-hybridized carbons (Fsp3) is 0.462. The molecule has 0 radical (unpaired) electrons. The van der Waals surface area contributed by atoms with Gasteiger partial charge in [0, 0.05) is 18.2 Å². The maximum absolute atomic E-state index is 13.1. The molecule has 2 atom stereocenters. The van der Waals surface area contributed by atoms with Gasteiger partial charge in [-0.05, 0) is 32.9 Å². The Kier molecular flexibility index (Phi) is 5.09. The Hall–Kier alpha value is -1.62. The normalized spacial score (nSPS) is 13.8. The van der Waals surface area contributed by atoms with E-state index in [2.05, 4.69) is 5.32 Å². The summed E-state index contributed by atoms with van der Waals surface area (Å²) in [5.41, 5.74) is 0.451. The van der Waals surface area contributed by atoms with E-state index in [0.717, 1.165) is 6.07 Å². The van der Waals surface area contributed by atoms with E-state index in [9.17, 15) is 14.3 Å². The second-order valence-electron chi connectivity index (χ2n) is 4.01. The standard InChI is InChI=1S/C13H18FNO3/c1-4-15-13(17)9(3)18-12-7-10(14)5-6-11(12)8(2)16/h5-9,16H,4H2,1-3H3,(H,15,17)/t8-,9?/m0/s1. The predicted molar refractivity (Wildman–Crippen MR) is 65.8 cm³/mol. The number of aliphatic hydroxyl groups is 1. The number of hydrogen-bond acceptors (Lipinski definition) is 3. The van der Waals surface area contributed by atoms with E-state index in [1.54, 1.807) is 20.8 Å². The van der Waals surface area contributed by atoms with Gasteiger partial charge in [-0.3, -0.25) is 4.79 Å². The Morgan fingerprint density at radius 1 is 1.50 bits per heavy atom. The third kappa shape index (κ3) is 3.70. The van der Waals surface area contributed by atoms with Gasteiger partial charge < -0.3 is 15.2 Å². The van der Waals surface area contributed by atoms with Crippen molar-refractivity contribution >= 4 is 5.91 Å². The SMILES string of the molecule is CCNC(=O)C(C)Oc1cc(F)ccc1[C@H](C)O. The summed E-state index contributed by atoms with van der Waals surface area (Å²) in [6, 6.07) is 3.85. The summed E-state index contributed by atoms with van der Waals surface area (Å²) < 4.78 is 18.5. The first-order chi connectivity index (χ1) is 8.45. The number of amides is 1. The van der Waals surface area contributed by atoms with Gasteiger partial charge in [0.15, 0.2) is 6.10 Å². The summed E-state index contributed by atoms with van der Waals surface area (Å²) in [5.74, 6) is -0.570. The van der Waals surface area contributed by atoms with Crippen molar-refractivity contribution in [2.75, 3.05) is 6.54 Å².